The van der Waals surface area contributed by atoms with E-state index in [0.717, 1.165) is 21.0 Å². The van der Waals surface area contributed by atoms with E-state index in [2.05, 4.69) is 20.6 Å². The summed E-state index contributed by atoms with van der Waals surface area (Å²) in [4.78, 5) is 28.3. The molecule has 1 atom stereocenters. The summed E-state index contributed by atoms with van der Waals surface area (Å²) in [7, 11) is 3.89. The molecule has 34 heavy (non-hydrogen) atoms. The van der Waals surface area contributed by atoms with Gasteiger partial charge in [-0.2, -0.15) is 0 Å². The van der Waals surface area contributed by atoms with Crippen molar-refractivity contribution in [3.63, 3.8) is 0 Å². The average molecular weight is 475 g/mol. The van der Waals surface area contributed by atoms with Crippen LogP contribution in [0.3, 0.4) is 0 Å². The third-order valence-electron chi connectivity index (χ3n) is 5.03. The largest absolute Gasteiger partial charge is 0.394 e. The average Bonchev–Trinajstić information content (AvgIpc) is 3.28. The van der Waals surface area contributed by atoms with Gasteiger partial charge in [-0.15, -0.1) is 0 Å². The first-order valence-corrected chi connectivity index (χ1v) is 11.6. The maximum Gasteiger partial charge on any atom is 0.248 e. The van der Waals surface area contributed by atoms with E-state index in [4.69, 9.17) is 4.98 Å². The van der Waals surface area contributed by atoms with Gasteiger partial charge in [0.2, 0.25) is 5.91 Å². The Morgan fingerprint density at radius 1 is 1.12 bits per heavy atom. The van der Waals surface area contributed by atoms with Gasteiger partial charge in [-0.3, -0.25) is 4.79 Å². The zero-order chi connectivity index (χ0) is 23.9. The summed E-state index contributed by atoms with van der Waals surface area (Å²) in [5.74, 6) is 0.404. The molecule has 0 spiro atoms. The molecule has 4 rings (SSSR count). The number of aliphatic hydroxyl groups is 1. The normalized spacial score (nSPS) is 12.4. The van der Waals surface area contributed by atoms with Gasteiger partial charge in [0.15, 0.2) is 5.82 Å². The van der Waals surface area contributed by atoms with Crippen molar-refractivity contribution in [2.24, 2.45) is 0 Å². The monoisotopic (exact) mass is 474 g/mol. The van der Waals surface area contributed by atoms with Crippen LogP contribution in [-0.2, 0) is 4.79 Å². The van der Waals surface area contributed by atoms with Gasteiger partial charge >= 0.3 is 0 Å². The zero-order valence-electron chi connectivity index (χ0n) is 19.0. The molecule has 0 aliphatic heterocycles. The van der Waals surface area contributed by atoms with E-state index in [1.807, 2.05) is 79.7 Å². The predicted molar refractivity (Wildman–Crippen MR) is 137 cm³/mol. The minimum Gasteiger partial charge on any atom is -0.394 e. The van der Waals surface area contributed by atoms with E-state index in [1.165, 1.54) is 23.7 Å². The van der Waals surface area contributed by atoms with Crippen LogP contribution in [0.5, 0.6) is 0 Å². The number of aromatic nitrogens is 3. The van der Waals surface area contributed by atoms with Crippen molar-refractivity contribution in [3.8, 4) is 10.6 Å². The Kier molecular flexibility index (Phi) is 7.58. The van der Waals surface area contributed by atoms with Crippen molar-refractivity contribution in [1.29, 1.82) is 0 Å². The Labute approximate surface area is 202 Å². The summed E-state index contributed by atoms with van der Waals surface area (Å²) in [5, 5.41) is 16.8. The van der Waals surface area contributed by atoms with Gasteiger partial charge in [0.05, 0.1) is 12.6 Å². The third-order valence-corrected chi connectivity index (χ3v) is 6.04. The Morgan fingerprint density at radius 3 is 2.59 bits per heavy atom. The lowest BCUT2D eigenvalue weighted by molar-refractivity contribution is -0.111. The van der Waals surface area contributed by atoms with Crippen molar-refractivity contribution < 1.29 is 9.90 Å². The molecule has 0 bridgehead atoms. The summed E-state index contributed by atoms with van der Waals surface area (Å²) in [6, 6.07) is 16.9. The van der Waals surface area contributed by atoms with Crippen LogP contribution in [0.2, 0.25) is 0 Å². The summed E-state index contributed by atoms with van der Waals surface area (Å²) in [6.07, 6.45) is 4.84. The second-order valence-electron chi connectivity index (χ2n) is 7.92. The van der Waals surface area contributed by atoms with E-state index in [0.29, 0.717) is 23.6 Å². The van der Waals surface area contributed by atoms with Crippen LogP contribution in [0, 0.1) is 0 Å². The molecule has 3 N–H and O–H groups in total. The van der Waals surface area contributed by atoms with E-state index < -0.39 is 0 Å². The number of aliphatic hydroxyl groups excluding tert-OH is 1. The highest BCUT2D eigenvalue weighted by molar-refractivity contribution is 7.21. The topological polar surface area (TPSA) is 103 Å². The molecule has 2 aromatic heterocycles. The molecule has 0 saturated carbocycles. The van der Waals surface area contributed by atoms with Gasteiger partial charge in [-0.25, -0.2) is 15.0 Å². The van der Waals surface area contributed by atoms with Crippen LogP contribution in [0.25, 0.3) is 20.9 Å². The quantitative estimate of drug-likeness (QED) is 0.316. The zero-order valence-corrected chi connectivity index (χ0v) is 19.8. The molecular weight excluding hydrogens is 448 g/mol. The van der Waals surface area contributed by atoms with E-state index in [-0.39, 0.29) is 18.6 Å². The van der Waals surface area contributed by atoms with Gasteiger partial charge in [-0.05, 0) is 43.9 Å². The van der Waals surface area contributed by atoms with Gasteiger partial charge in [-0.1, -0.05) is 47.7 Å². The highest BCUT2D eigenvalue weighted by atomic mass is 32.1. The SMILES string of the molecule is CN(C)CC=CC(=O)Nc1ccc(-c2nc3c(N[C@H](CO)c4ccccc4)ncnc3s2)cc1. The fourth-order valence-corrected chi connectivity index (χ4v) is 4.23. The fourth-order valence-electron chi connectivity index (χ4n) is 3.32. The minimum atomic E-state index is -0.306. The molecule has 2 heterocycles. The van der Waals surface area contributed by atoms with E-state index >= 15 is 0 Å². The number of hydrogen-bond donors (Lipinski definition) is 3. The first kappa shape index (κ1) is 23.5. The molecule has 0 aliphatic rings. The Morgan fingerprint density at radius 2 is 1.88 bits per heavy atom. The number of benzene rings is 2. The maximum absolute atomic E-state index is 12.1. The molecule has 0 unspecified atom stereocenters. The van der Waals surface area contributed by atoms with Crippen LogP contribution < -0.4 is 10.6 Å². The van der Waals surface area contributed by atoms with Gasteiger partial charge in [0.25, 0.3) is 0 Å². The van der Waals surface area contributed by atoms with Gasteiger partial charge in [0, 0.05) is 23.9 Å². The molecular formula is C25H26N6O2S. The van der Waals surface area contributed by atoms with Crippen molar-refractivity contribution in [1.82, 2.24) is 19.9 Å². The lowest BCUT2D eigenvalue weighted by Gasteiger charge is -2.17. The summed E-state index contributed by atoms with van der Waals surface area (Å²) in [6.45, 7) is 0.623. The second-order valence-corrected chi connectivity index (χ2v) is 8.89. The van der Waals surface area contributed by atoms with Crippen LogP contribution in [-0.4, -0.2) is 58.1 Å². The fraction of sp³-hybridized carbons (Fsp3) is 0.200. The summed E-state index contributed by atoms with van der Waals surface area (Å²) < 4.78 is 0. The Bertz CT molecular complexity index is 1270. The molecule has 0 aliphatic carbocycles. The highest BCUT2D eigenvalue weighted by Gasteiger charge is 2.16. The second kappa shape index (κ2) is 11.0. The molecule has 9 heteroatoms. The molecule has 0 saturated heterocycles. The lowest BCUT2D eigenvalue weighted by atomic mass is 10.1. The van der Waals surface area contributed by atoms with Crippen molar-refractivity contribution in [2.75, 3.05) is 37.9 Å². The number of thiazole rings is 1. The standard InChI is InChI=1S/C25H26N6O2S/c1-31(2)14-6-9-21(33)28-19-12-10-18(11-13-19)24-30-22-23(26-16-27-25(22)34-24)29-20(15-32)17-7-4-3-5-8-17/h3-13,16,20,32H,14-15H2,1-2H3,(H,28,33)(H,26,27,29)/t20-/m1/s1. The number of hydrogen-bond acceptors (Lipinski definition) is 8. The number of carbonyl (C=O) groups excluding carboxylic acids is 1. The van der Waals surface area contributed by atoms with Crippen molar-refractivity contribution >= 4 is 39.1 Å². The Hall–Kier alpha value is -3.66. The van der Waals surface area contributed by atoms with E-state index in [9.17, 15) is 9.90 Å². The maximum atomic E-state index is 12.1. The molecule has 8 nitrogen and oxygen atoms in total. The number of fused-ring (bicyclic) bond motifs is 1. The van der Waals surface area contributed by atoms with Crippen LogP contribution >= 0.6 is 11.3 Å². The smallest absolute Gasteiger partial charge is 0.248 e. The molecule has 1 amide bonds. The lowest BCUT2D eigenvalue weighted by Crippen LogP contribution is -2.15. The van der Waals surface area contributed by atoms with Crippen LogP contribution in [0.1, 0.15) is 11.6 Å². The first-order chi connectivity index (χ1) is 16.5. The number of anilines is 2. The van der Waals surface area contributed by atoms with E-state index in [1.54, 1.807) is 0 Å². The summed E-state index contributed by atoms with van der Waals surface area (Å²) in [5.41, 5.74) is 3.23. The molecule has 4 aromatic rings. The minimum absolute atomic E-state index is 0.0793. The number of nitrogens with zero attached hydrogens (tertiary/aromatic N) is 4. The third kappa shape index (κ3) is 5.82. The number of likely N-dealkylation sites (N-methyl/N-ethyl adjacent to an activating group) is 1. The Balaban J connectivity index is 1.51. The molecule has 2 aromatic carbocycles. The van der Waals surface area contributed by atoms with Crippen LogP contribution in [0.15, 0.2) is 73.1 Å². The van der Waals surface area contributed by atoms with Gasteiger partial charge < -0.3 is 20.6 Å². The molecule has 174 valence electrons. The van der Waals surface area contributed by atoms with Gasteiger partial charge in [0.1, 0.15) is 21.7 Å². The summed E-state index contributed by atoms with van der Waals surface area (Å²) >= 11 is 1.46. The molecule has 0 fully saturated rings. The van der Waals surface area contributed by atoms with Crippen molar-refractivity contribution in [2.45, 2.75) is 6.04 Å². The number of nitrogens with one attached hydrogen (secondary N) is 2. The first-order valence-electron chi connectivity index (χ1n) is 10.8. The molecule has 0 radical (unpaired) electrons. The number of amides is 1. The van der Waals surface area contributed by atoms with Crippen LogP contribution in [0.4, 0.5) is 11.5 Å². The van der Waals surface area contributed by atoms with Crippen molar-refractivity contribution in [3.05, 3.63) is 78.6 Å². The highest BCUT2D eigenvalue weighted by Crippen LogP contribution is 2.33. The number of rotatable bonds is 9. The predicted octanol–water partition coefficient (Wildman–Crippen LogP) is 3.96. The number of carbonyl (C=O) groups is 1.